The minimum atomic E-state index is 0.419. The molecule has 5 aliphatic rings. The van der Waals surface area contributed by atoms with Crippen molar-refractivity contribution in [3.8, 4) is 0 Å². The van der Waals surface area contributed by atoms with E-state index in [1.54, 1.807) is 0 Å². The number of nitrogens with zero attached hydrogens (tertiary/aromatic N) is 3. The Morgan fingerprint density at radius 2 is 2.00 bits per heavy atom. The molecule has 5 rings (SSSR count). The molecule has 0 aromatic heterocycles. The molecule has 1 spiro atoms. The van der Waals surface area contributed by atoms with Gasteiger partial charge in [0.25, 0.3) is 0 Å². The van der Waals surface area contributed by atoms with Gasteiger partial charge >= 0.3 is 0 Å². The van der Waals surface area contributed by atoms with E-state index in [1.807, 2.05) is 0 Å². The number of fused-ring (bicyclic) bond motifs is 2. The Balaban J connectivity index is 1.21. The van der Waals surface area contributed by atoms with E-state index in [2.05, 4.69) is 22.0 Å². The molecule has 27 heavy (non-hydrogen) atoms. The Morgan fingerprint density at radius 3 is 2.74 bits per heavy atom. The summed E-state index contributed by atoms with van der Waals surface area (Å²) in [4.78, 5) is 10.0. The first-order valence-electron chi connectivity index (χ1n) is 11.3. The number of guanidine groups is 1. The number of morpholine rings is 1. The molecule has 0 bridgehead atoms. The van der Waals surface area contributed by atoms with Crippen LogP contribution in [0.25, 0.3) is 0 Å². The van der Waals surface area contributed by atoms with Crippen molar-refractivity contribution in [1.29, 1.82) is 0 Å². The number of aliphatic imine (C=N–C) groups is 1. The number of hydrogen-bond donors (Lipinski definition) is 1. The van der Waals surface area contributed by atoms with Gasteiger partial charge in [-0.25, -0.2) is 0 Å². The van der Waals surface area contributed by atoms with Crippen molar-refractivity contribution in [3.63, 3.8) is 0 Å². The molecule has 4 unspecified atom stereocenters. The summed E-state index contributed by atoms with van der Waals surface area (Å²) in [5, 5.41) is 3.95. The molecule has 2 saturated carbocycles. The molecule has 3 aliphatic heterocycles. The summed E-state index contributed by atoms with van der Waals surface area (Å²) in [5.74, 6) is 2.64. The second kappa shape index (κ2) is 7.53. The molecular weight excluding hydrogens is 340 g/mol. The predicted octanol–water partition coefficient (Wildman–Crippen LogP) is 1.56. The van der Waals surface area contributed by atoms with Crippen LogP contribution < -0.4 is 5.32 Å². The van der Waals surface area contributed by atoms with Crippen LogP contribution in [-0.4, -0.2) is 87.0 Å². The molecule has 6 nitrogen and oxygen atoms in total. The monoisotopic (exact) mass is 376 g/mol. The van der Waals surface area contributed by atoms with E-state index in [1.165, 1.54) is 44.6 Å². The average molecular weight is 377 g/mol. The Morgan fingerprint density at radius 1 is 1.15 bits per heavy atom. The van der Waals surface area contributed by atoms with Crippen molar-refractivity contribution in [3.05, 3.63) is 0 Å². The van der Waals surface area contributed by atoms with E-state index in [9.17, 15) is 0 Å². The van der Waals surface area contributed by atoms with Gasteiger partial charge in [0.15, 0.2) is 5.96 Å². The average Bonchev–Trinajstić information content (AvgIpc) is 3.26. The Kier molecular flexibility index (Phi) is 5.07. The van der Waals surface area contributed by atoms with Crippen LogP contribution in [0.3, 0.4) is 0 Å². The first-order chi connectivity index (χ1) is 13.3. The minimum Gasteiger partial charge on any atom is -0.379 e. The summed E-state index contributed by atoms with van der Waals surface area (Å²) in [7, 11) is 0. The third-order valence-electron chi connectivity index (χ3n) is 7.83. The zero-order chi connectivity index (χ0) is 18.3. The predicted molar refractivity (Wildman–Crippen MR) is 106 cm³/mol. The number of hydrogen-bond acceptors (Lipinski definition) is 4. The Hall–Kier alpha value is -0.850. The van der Waals surface area contributed by atoms with Crippen LogP contribution >= 0.6 is 0 Å². The van der Waals surface area contributed by atoms with Crippen LogP contribution in [-0.2, 0) is 9.47 Å². The Labute approximate surface area is 163 Å². The molecule has 0 amide bonds. The topological polar surface area (TPSA) is 49.3 Å². The van der Waals surface area contributed by atoms with E-state index in [0.29, 0.717) is 23.5 Å². The highest BCUT2D eigenvalue weighted by Gasteiger charge is 2.66. The van der Waals surface area contributed by atoms with Crippen LogP contribution in [0.1, 0.15) is 39.0 Å². The van der Waals surface area contributed by atoms with Crippen molar-refractivity contribution in [2.75, 3.05) is 59.1 Å². The molecular formula is C21H36N4O2. The fraction of sp³-hybridized carbons (Fsp3) is 0.952. The maximum Gasteiger partial charge on any atom is 0.194 e. The normalized spacial score (nSPS) is 38.6. The molecule has 3 heterocycles. The highest BCUT2D eigenvalue weighted by Crippen LogP contribution is 2.62. The number of ether oxygens (including phenoxy) is 2. The smallest absolute Gasteiger partial charge is 0.194 e. The Bertz CT molecular complexity index is 558. The van der Waals surface area contributed by atoms with Gasteiger partial charge in [0.1, 0.15) is 0 Å². The maximum atomic E-state index is 6.10. The lowest BCUT2D eigenvalue weighted by atomic mass is 9.46. The van der Waals surface area contributed by atoms with Gasteiger partial charge in [-0.2, -0.15) is 0 Å². The van der Waals surface area contributed by atoms with Crippen LogP contribution in [0, 0.1) is 17.3 Å². The first kappa shape index (κ1) is 18.2. The second-order valence-corrected chi connectivity index (χ2v) is 9.26. The van der Waals surface area contributed by atoms with E-state index < -0.39 is 0 Å². The highest BCUT2D eigenvalue weighted by atomic mass is 16.5. The third-order valence-corrected chi connectivity index (χ3v) is 7.83. The van der Waals surface area contributed by atoms with Crippen LogP contribution in [0.5, 0.6) is 0 Å². The van der Waals surface area contributed by atoms with Crippen molar-refractivity contribution >= 4 is 5.96 Å². The van der Waals surface area contributed by atoms with Gasteiger partial charge in [-0.05, 0) is 38.5 Å². The van der Waals surface area contributed by atoms with E-state index in [-0.39, 0.29) is 0 Å². The summed E-state index contributed by atoms with van der Waals surface area (Å²) in [6.45, 7) is 11.5. The third kappa shape index (κ3) is 3.18. The second-order valence-electron chi connectivity index (χ2n) is 9.26. The van der Waals surface area contributed by atoms with Gasteiger partial charge in [0.05, 0.1) is 19.3 Å². The lowest BCUT2D eigenvalue weighted by Gasteiger charge is -2.63. The van der Waals surface area contributed by atoms with Gasteiger partial charge in [0.2, 0.25) is 0 Å². The van der Waals surface area contributed by atoms with Crippen LogP contribution in [0.2, 0.25) is 0 Å². The van der Waals surface area contributed by atoms with Gasteiger partial charge in [0, 0.05) is 63.3 Å². The van der Waals surface area contributed by atoms with Crippen LogP contribution in [0.4, 0.5) is 0 Å². The first-order valence-corrected chi connectivity index (χ1v) is 11.3. The molecule has 3 saturated heterocycles. The molecule has 1 N–H and O–H groups in total. The number of likely N-dealkylation sites (tertiary alicyclic amines) is 1. The molecule has 6 heteroatoms. The summed E-state index contributed by atoms with van der Waals surface area (Å²) >= 11 is 0. The zero-order valence-corrected chi connectivity index (χ0v) is 16.9. The zero-order valence-electron chi connectivity index (χ0n) is 16.9. The van der Waals surface area contributed by atoms with Crippen molar-refractivity contribution in [2.24, 2.45) is 22.2 Å². The van der Waals surface area contributed by atoms with Crippen molar-refractivity contribution < 1.29 is 9.47 Å². The lowest BCUT2D eigenvalue weighted by Crippen LogP contribution is -2.72. The molecule has 152 valence electrons. The van der Waals surface area contributed by atoms with Gasteiger partial charge in [-0.1, -0.05) is 6.42 Å². The fourth-order valence-corrected chi connectivity index (χ4v) is 6.30. The van der Waals surface area contributed by atoms with Crippen molar-refractivity contribution in [1.82, 2.24) is 15.1 Å². The van der Waals surface area contributed by atoms with E-state index in [4.69, 9.17) is 14.5 Å². The van der Waals surface area contributed by atoms with E-state index >= 15 is 0 Å². The fourth-order valence-electron chi connectivity index (χ4n) is 6.30. The molecule has 5 fully saturated rings. The summed E-state index contributed by atoms with van der Waals surface area (Å²) < 4.78 is 11.6. The van der Waals surface area contributed by atoms with Crippen molar-refractivity contribution in [2.45, 2.75) is 51.2 Å². The number of rotatable bonds is 4. The minimum absolute atomic E-state index is 0.419. The maximum absolute atomic E-state index is 6.10. The van der Waals surface area contributed by atoms with Gasteiger partial charge < -0.3 is 19.7 Å². The number of nitrogens with one attached hydrogen (secondary N) is 1. The quantitative estimate of drug-likeness (QED) is 0.596. The molecule has 0 aromatic carbocycles. The summed E-state index contributed by atoms with van der Waals surface area (Å²) in [5.41, 5.74) is 0.419. The van der Waals surface area contributed by atoms with Gasteiger partial charge in [-0.15, -0.1) is 0 Å². The highest BCUT2D eigenvalue weighted by molar-refractivity contribution is 5.81. The summed E-state index contributed by atoms with van der Waals surface area (Å²) in [6, 6.07) is 0.586. The summed E-state index contributed by atoms with van der Waals surface area (Å²) in [6.07, 6.45) is 7.08. The van der Waals surface area contributed by atoms with Crippen LogP contribution in [0.15, 0.2) is 4.99 Å². The SMILES string of the molecule is CCN=C(NC1C2CCOC2C12CCC2)N1CCC(CN2CCOCC2)C1. The van der Waals surface area contributed by atoms with Gasteiger partial charge in [-0.3, -0.25) is 9.89 Å². The van der Waals surface area contributed by atoms with E-state index in [0.717, 1.165) is 58.5 Å². The molecule has 0 aromatic rings. The molecule has 4 atom stereocenters. The molecule has 0 radical (unpaired) electrons. The lowest BCUT2D eigenvalue weighted by molar-refractivity contribution is -0.171. The molecule has 2 aliphatic carbocycles. The standard InChI is InChI=1S/C21H36N4O2/c1-2-22-20(23-18-17-5-11-27-19(17)21(18)6-3-7-21)25-8-4-16(15-25)14-24-9-12-26-13-10-24/h16-19H,2-15H2,1H3,(H,22,23). The largest absolute Gasteiger partial charge is 0.379 e.